The number of thiophene rings is 1. The van der Waals surface area contributed by atoms with E-state index in [9.17, 15) is 4.79 Å². The number of rotatable bonds is 6. The van der Waals surface area contributed by atoms with Crippen molar-refractivity contribution in [3.8, 4) is 0 Å². The summed E-state index contributed by atoms with van der Waals surface area (Å²) in [6.45, 7) is 2.89. The fourth-order valence-electron chi connectivity index (χ4n) is 1.95. The summed E-state index contributed by atoms with van der Waals surface area (Å²) in [6.07, 6.45) is 0.341. The summed E-state index contributed by atoms with van der Waals surface area (Å²) in [6, 6.07) is 12.1. The molecule has 1 atom stereocenters. The van der Waals surface area contributed by atoms with Crippen LogP contribution >= 0.6 is 22.9 Å². The van der Waals surface area contributed by atoms with Gasteiger partial charge < -0.3 is 10.1 Å². The molecule has 1 heterocycles. The number of halogens is 1. The molecule has 112 valence electrons. The Kier molecular flexibility index (Phi) is 5.79. The molecule has 0 fully saturated rings. The zero-order valence-corrected chi connectivity index (χ0v) is 13.6. The van der Waals surface area contributed by atoms with E-state index < -0.39 is 0 Å². The molecule has 0 radical (unpaired) electrons. The summed E-state index contributed by atoms with van der Waals surface area (Å²) in [7, 11) is 1.41. The number of esters is 1. The Bertz CT molecular complexity index is 595. The van der Waals surface area contributed by atoms with Crippen molar-refractivity contribution in [2.75, 3.05) is 7.11 Å². The second kappa shape index (κ2) is 7.59. The first-order chi connectivity index (χ1) is 10.1. The highest BCUT2D eigenvalue weighted by molar-refractivity contribution is 7.12. The summed E-state index contributed by atoms with van der Waals surface area (Å²) >= 11 is 7.52. The van der Waals surface area contributed by atoms with E-state index in [0.29, 0.717) is 6.42 Å². The zero-order valence-electron chi connectivity index (χ0n) is 12.1. The third-order valence-corrected chi connectivity index (χ3v) is 4.55. The molecular weight excluding hydrogens is 306 g/mol. The Balaban J connectivity index is 1.88. The Morgan fingerprint density at radius 3 is 2.57 bits per heavy atom. The molecule has 1 unspecified atom stereocenters. The molecule has 1 N–H and O–H groups in total. The molecule has 0 aliphatic rings. The predicted molar refractivity (Wildman–Crippen MR) is 86.7 cm³/mol. The van der Waals surface area contributed by atoms with Crippen LogP contribution in [0.5, 0.6) is 0 Å². The van der Waals surface area contributed by atoms with Crippen LogP contribution in [0.1, 0.15) is 28.3 Å². The largest absolute Gasteiger partial charge is 0.469 e. The fourth-order valence-corrected chi connectivity index (χ4v) is 3.03. The maximum absolute atomic E-state index is 11.2. The average Bonchev–Trinajstić information content (AvgIpc) is 2.93. The van der Waals surface area contributed by atoms with Crippen LogP contribution in [-0.2, 0) is 22.5 Å². The standard InChI is InChI=1S/C16H18ClNO2S/c1-11(12-3-5-13(17)6-4-12)18-10-15-8-7-14(21-15)9-16(19)20-2/h3-8,11,18H,9-10H2,1-2H3. The average molecular weight is 324 g/mol. The smallest absolute Gasteiger partial charge is 0.310 e. The van der Waals surface area contributed by atoms with Crippen LogP contribution in [0.25, 0.3) is 0 Å². The van der Waals surface area contributed by atoms with Crippen LogP contribution in [0.15, 0.2) is 36.4 Å². The van der Waals surface area contributed by atoms with Gasteiger partial charge in [-0.25, -0.2) is 0 Å². The minimum Gasteiger partial charge on any atom is -0.469 e. The van der Waals surface area contributed by atoms with Crippen LogP contribution in [-0.4, -0.2) is 13.1 Å². The molecule has 0 spiro atoms. The minimum absolute atomic E-state index is 0.203. The Morgan fingerprint density at radius 1 is 1.24 bits per heavy atom. The van der Waals surface area contributed by atoms with E-state index in [4.69, 9.17) is 11.6 Å². The lowest BCUT2D eigenvalue weighted by Crippen LogP contribution is -2.17. The van der Waals surface area contributed by atoms with Gasteiger partial charge in [0.2, 0.25) is 0 Å². The highest BCUT2D eigenvalue weighted by Gasteiger charge is 2.08. The molecule has 0 amide bonds. The molecule has 0 saturated carbocycles. The monoisotopic (exact) mass is 323 g/mol. The van der Waals surface area contributed by atoms with Gasteiger partial charge in [0.1, 0.15) is 0 Å². The van der Waals surface area contributed by atoms with Gasteiger partial charge in [0.25, 0.3) is 0 Å². The van der Waals surface area contributed by atoms with Crippen molar-refractivity contribution >= 4 is 28.9 Å². The number of nitrogens with one attached hydrogen (secondary N) is 1. The molecule has 0 aliphatic carbocycles. The van der Waals surface area contributed by atoms with Gasteiger partial charge in [0.05, 0.1) is 13.5 Å². The maximum atomic E-state index is 11.2. The fraction of sp³-hybridized carbons (Fsp3) is 0.312. The van der Waals surface area contributed by atoms with E-state index in [1.165, 1.54) is 17.6 Å². The Morgan fingerprint density at radius 2 is 1.90 bits per heavy atom. The van der Waals surface area contributed by atoms with E-state index >= 15 is 0 Å². The first-order valence-electron chi connectivity index (χ1n) is 6.71. The lowest BCUT2D eigenvalue weighted by molar-refractivity contribution is -0.139. The summed E-state index contributed by atoms with van der Waals surface area (Å²) in [5.41, 5.74) is 1.20. The van der Waals surface area contributed by atoms with Crippen LogP contribution in [0, 0.1) is 0 Å². The van der Waals surface area contributed by atoms with Crippen LogP contribution in [0.3, 0.4) is 0 Å². The first kappa shape index (κ1) is 16.0. The van der Waals surface area contributed by atoms with Crippen molar-refractivity contribution in [2.45, 2.75) is 25.9 Å². The van der Waals surface area contributed by atoms with Gasteiger partial charge in [-0.1, -0.05) is 23.7 Å². The van der Waals surface area contributed by atoms with Crippen molar-refractivity contribution in [1.82, 2.24) is 5.32 Å². The normalized spacial score (nSPS) is 12.1. The Hall–Kier alpha value is -1.36. The van der Waals surface area contributed by atoms with Crippen LogP contribution in [0.4, 0.5) is 0 Å². The molecule has 2 aromatic rings. The lowest BCUT2D eigenvalue weighted by atomic mass is 10.1. The van der Waals surface area contributed by atoms with Crippen molar-refractivity contribution in [1.29, 1.82) is 0 Å². The van der Waals surface area contributed by atoms with Gasteiger partial charge in [0, 0.05) is 27.4 Å². The number of hydrogen-bond donors (Lipinski definition) is 1. The van der Waals surface area contributed by atoms with Gasteiger partial charge in [0.15, 0.2) is 0 Å². The van der Waals surface area contributed by atoms with Gasteiger partial charge in [-0.05, 0) is 36.8 Å². The summed E-state index contributed by atoms with van der Waals surface area (Å²) in [4.78, 5) is 13.5. The molecule has 2 rings (SSSR count). The lowest BCUT2D eigenvalue weighted by Gasteiger charge is -2.13. The van der Waals surface area contributed by atoms with Gasteiger partial charge in [-0.3, -0.25) is 4.79 Å². The number of methoxy groups -OCH3 is 1. The number of carbonyl (C=O) groups is 1. The SMILES string of the molecule is COC(=O)Cc1ccc(CNC(C)c2ccc(Cl)cc2)s1. The highest BCUT2D eigenvalue weighted by atomic mass is 35.5. The predicted octanol–water partition coefficient (Wildman–Crippen LogP) is 3.97. The molecule has 3 nitrogen and oxygen atoms in total. The molecule has 1 aromatic heterocycles. The second-order valence-corrected chi connectivity index (χ2v) is 6.46. The topological polar surface area (TPSA) is 38.3 Å². The van der Waals surface area contributed by atoms with Gasteiger partial charge >= 0.3 is 5.97 Å². The molecule has 0 bridgehead atoms. The number of carbonyl (C=O) groups excluding carboxylic acids is 1. The van der Waals surface area contributed by atoms with Crippen LogP contribution < -0.4 is 5.32 Å². The molecule has 0 aliphatic heterocycles. The van der Waals surface area contributed by atoms with E-state index in [1.807, 2.05) is 36.4 Å². The van der Waals surface area contributed by atoms with Gasteiger partial charge in [-0.15, -0.1) is 11.3 Å². The van der Waals surface area contributed by atoms with Crippen molar-refractivity contribution in [3.63, 3.8) is 0 Å². The zero-order chi connectivity index (χ0) is 15.2. The summed E-state index contributed by atoms with van der Waals surface area (Å²) in [5, 5.41) is 4.21. The summed E-state index contributed by atoms with van der Waals surface area (Å²) in [5.74, 6) is -0.203. The number of hydrogen-bond acceptors (Lipinski definition) is 4. The third kappa shape index (κ3) is 4.84. The number of benzene rings is 1. The Labute approximate surface area is 133 Å². The van der Waals surface area contributed by atoms with Crippen molar-refractivity contribution < 1.29 is 9.53 Å². The molecule has 21 heavy (non-hydrogen) atoms. The minimum atomic E-state index is -0.203. The third-order valence-electron chi connectivity index (χ3n) is 3.22. The quantitative estimate of drug-likeness (QED) is 0.817. The first-order valence-corrected chi connectivity index (χ1v) is 7.91. The summed E-state index contributed by atoms with van der Waals surface area (Å²) < 4.78 is 4.67. The maximum Gasteiger partial charge on any atom is 0.310 e. The van der Waals surface area contributed by atoms with E-state index in [-0.39, 0.29) is 12.0 Å². The van der Waals surface area contributed by atoms with E-state index in [2.05, 4.69) is 17.0 Å². The second-order valence-electron chi connectivity index (χ2n) is 4.78. The molecular formula is C16H18ClNO2S. The molecule has 1 aromatic carbocycles. The molecule has 5 heteroatoms. The highest BCUT2D eigenvalue weighted by Crippen LogP contribution is 2.20. The van der Waals surface area contributed by atoms with Crippen LogP contribution in [0.2, 0.25) is 5.02 Å². The van der Waals surface area contributed by atoms with Crippen molar-refractivity contribution in [2.24, 2.45) is 0 Å². The van der Waals surface area contributed by atoms with E-state index in [0.717, 1.165) is 16.4 Å². The van der Waals surface area contributed by atoms with Crippen molar-refractivity contribution in [3.05, 3.63) is 56.7 Å². The number of ether oxygens (including phenoxy) is 1. The van der Waals surface area contributed by atoms with E-state index in [1.54, 1.807) is 11.3 Å². The molecule has 0 saturated heterocycles. The van der Waals surface area contributed by atoms with Gasteiger partial charge in [-0.2, -0.15) is 0 Å².